The molecule has 7 nitrogen and oxygen atoms in total. The van der Waals surface area contributed by atoms with E-state index in [1.54, 1.807) is 7.11 Å². The number of rotatable bonds is 7. The summed E-state index contributed by atoms with van der Waals surface area (Å²) < 4.78 is 5.43. The quantitative estimate of drug-likeness (QED) is 0.574. The third-order valence-corrected chi connectivity index (χ3v) is 6.98. The molecule has 2 aliphatic rings. The minimum absolute atomic E-state index is 0.292. The Bertz CT molecular complexity index is 1090. The minimum atomic E-state index is 0.292. The highest BCUT2D eigenvalue weighted by atomic mass is 16.5. The Labute approximate surface area is 188 Å². The second kappa shape index (κ2) is 9.18. The monoisotopic (exact) mass is 433 g/mol. The van der Waals surface area contributed by atoms with Gasteiger partial charge in [0.15, 0.2) is 11.5 Å². The number of pyridine rings is 1. The van der Waals surface area contributed by atoms with Crippen molar-refractivity contribution in [1.29, 1.82) is 0 Å². The first-order valence-corrected chi connectivity index (χ1v) is 11.7. The van der Waals surface area contributed by atoms with Crippen molar-refractivity contribution in [3.8, 4) is 5.75 Å². The first-order chi connectivity index (χ1) is 15.7. The number of nitrogens with one attached hydrogen (secondary N) is 2. The molecule has 5 rings (SSSR count). The lowest BCUT2D eigenvalue weighted by molar-refractivity contribution is -0.131. The molecule has 3 heterocycles. The number of ether oxygens (including phenoxy) is 1. The average molecular weight is 434 g/mol. The molecule has 0 spiro atoms. The molecule has 1 aliphatic carbocycles. The van der Waals surface area contributed by atoms with E-state index in [0.29, 0.717) is 24.3 Å². The number of benzene rings is 1. The first kappa shape index (κ1) is 20.8. The maximum absolute atomic E-state index is 12.7. The zero-order chi connectivity index (χ0) is 21.9. The van der Waals surface area contributed by atoms with Crippen LogP contribution >= 0.6 is 0 Å². The van der Waals surface area contributed by atoms with Gasteiger partial charge in [-0.3, -0.25) is 9.89 Å². The highest BCUT2D eigenvalue weighted by Crippen LogP contribution is 2.32. The zero-order valence-corrected chi connectivity index (χ0v) is 18.6. The van der Waals surface area contributed by atoms with Gasteiger partial charge in [-0.25, -0.2) is 4.98 Å². The van der Waals surface area contributed by atoms with Crippen LogP contribution in [0.15, 0.2) is 36.4 Å². The fourth-order valence-electron chi connectivity index (χ4n) is 5.13. The van der Waals surface area contributed by atoms with Gasteiger partial charge in [-0.05, 0) is 43.4 Å². The number of para-hydroxylation sites is 1. The molecular weight excluding hydrogens is 402 g/mol. The number of hydrogen-bond acceptors (Lipinski definition) is 5. The molecule has 1 atom stereocenters. The van der Waals surface area contributed by atoms with E-state index < -0.39 is 0 Å². The third kappa shape index (κ3) is 4.29. The van der Waals surface area contributed by atoms with Crippen molar-refractivity contribution in [2.24, 2.45) is 5.92 Å². The largest absolute Gasteiger partial charge is 0.496 e. The molecule has 2 fully saturated rings. The summed E-state index contributed by atoms with van der Waals surface area (Å²) in [6, 6.07) is 12.1. The Kier molecular flexibility index (Phi) is 5.97. The molecule has 1 saturated carbocycles. The third-order valence-electron chi connectivity index (χ3n) is 6.98. The van der Waals surface area contributed by atoms with E-state index in [0.717, 1.165) is 59.8 Å². The fourth-order valence-corrected chi connectivity index (χ4v) is 5.13. The summed E-state index contributed by atoms with van der Waals surface area (Å²) in [5, 5.41) is 11.9. The van der Waals surface area contributed by atoms with E-state index in [4.69, 9.17) is 9.72 Å². The van der Waals surface area contributed by atoms with Crippen molar-refractivity contribution in [2.75, 3.05) is 25.5 Å². The number of likely N-dealkylation sites (tertiary alicyclic amines) is 1. The van der Waals surface area contributed by atoms with E-state index >= 15 is 0 Å². The molecular formula is C25H31N5O2. The van der Waals surface area contributed by atoms with Crippen LogP contribution in [-0.4, -0.2) is 46.2 Å². The van der Waals surface area contributed by atoms with Crippen molar-refractivity contribution in [2.45, 2.75) is 51.0 Å². The molecule has 0 radical (unpaired) electrons. The molecule has 168 valence electrons. The molecule has 32 heavy (non-hydrogen) atoms. The minimum Gasteiger partial charge on any atom is -0.496 e. The number of anilines is 1. The number of H-pyrrole nitrogens is 1. The summed E-state index contributed by atoms with van der Waals surface area (Å²) in [5.74, 6) is 2.85. The van der Waals surface area contributed by atoms with E-state index in [2.05, 4.69) is 27.6 Å². The van der Waals surface area contributed by atoms with Crippen molar-refractivity contribution in [1.82, 2.24) is 20.1 Å². The van der Waals surface area contributed by atoms with Crippen molar-refractivity contribution in [3.63, 3.8) is 0 Å². The molecule has 2 N–H and O–H groups in total. The van der Waals surface area contributed by atoms with Gasteiger partial charge in [0, 0.05) is 43.2 Å². The predicted octanol–water partition coefficient (Wildman–Crippen LogP) is 4.47. The Balaban J connectivity index is 1.23. The number of amides is 1. The molecule has 1 aliphatic heterocycles. The Morgan fingerprint density at radius 1 is 1.19 bits per heavy atom. The van der Waals surface area contributed by atoms with Crippen LogP contribution in [0.1, 0.15) is 55.7 Å². The summed E-state index contributed by atoms with van der Waals surface area (Å²) in [6.07, 6.45) is 6.70. The van der Waals surface area contributed by atoms with E-state index in [1.807, 2.05) is 29.2 Å². The van der Waals surface area contributed by atoms with Gasteiger partial charge in [-0.2, -0.15) is 5.10 Å². The molecule has 1 saturated heterocycles. The SMILES string of the molecule is COc1ccccc1CNc1n[nH]c2nc(C3CCN(C(=O)CC4CCCC4)C3)ccc12. The van der Waals surface area contributed by atoms with Crippen LogP contribution in [-0.2, 0) is 11.3 Å². The first-order valence-electron chi connectivity index (χ1n) is 11.7. The Morgan fingerprint density at radius 2 is 2.03 bits per heavy atom. The van der Waals surface area contributed by atoms with Gasteiger partial charge in [0.2, 0.25) is 5.91 Å². The number of hydrogen-bond donors (Lipinski definition) is 2. The maximum atomic E-state index is 12.7. The number of nitrogens with zero attached hydrogens (tertiary/aromatic N) is 3. The van der Waals surface area contributed by atoms with E-state index in [-0.39, 0.29) is 0 Å². The van der Waals surface area contributed by atoms with Gasteiger partial charge in [-0.15, -0.1) is 0 Å². The molecule has 1 unspecified atom stereocenters. The summed E-state index contributed by atoms with van der Waals surface area (Å²) in [7, 11) is 1.68. The van der Waals surface area contributed by atoms with Crippen LogP contribution in [0.4, 0.5) is 5.82 Å². The Morgan fingerprint density at radius 3 is 2.88 bits per heavy atom. The predicted molar refractivity (Wildman–Crippen MR) is 125 cm³/mol. The van der Waals surface area contributed by atoms with Gasteiger partial charge in [0.05, 0.1) is 12.5 Å². The molecule has 7 heteroatoms. The van der Waals surface area contributed by atoms with Crippen LogP contribution in [0.3, 0.4) is 0 Å². The summed E-state index contributed by atoms with van der Waals surface area (Å²) in [6.45, 7) is 2.23. The van der Waals surface area contributed by atoms with Gasteiger partial charge in [-0.1, -0.05) is 31.0 Å². The second-order valence-electron chi connectivity index (χ2n) is 9.05. The average Bonchev–Trinajstić information content (AvgIpc) is 3.58. The normalized spacial score (nSPS) is 19.0. The number of fused-ring (bicyclic) bond motifs is 1. The summed E-state index contributed by atoms with van der Waals surface area (Å²) in [4.78, 5) is 19.6. The topological polar surface area (TPSA) is 83.1 Å². The van der Waals surface area contributed by atoms with Crippen molar-refractivity contribution < 1.29 is 9.53 Å². The zero-order valence-electron chi connectivity index (χ0n) is 18.6. The molecule has 3 aromatic rings. The summed E-state index contributed by atoms with van der Waals surface area (Å²) in [5.41, 5.74) is 2.89. The van der Waals surface area contributed by atoms with Crippen LogP contribution in [0.25, 0.3) is 11.0 Å². The van der Waals surface area contributed by atoms with E-state index in [9.17, 15) is 4.79 Å². The van der Waals surface area contributed by atoms with Gasteiger partial charge >= 0.3 is 0 Å². The smallest absolute Gasteiger partial charge is 0.222 e. The lowest BCUT2D eigenvalue weighted by atomic mass is 10.0. The van der Waals surface area contributed by atoms with Crippen LogP contribution in [0.5, 0.6) is 5.75 Å². The number of carbonyl (C=O) groups is 1. The lowest BCUT2D eigenvalue weighted by Gasteiger charge is -2.18. The molecule has 0 bridgehead atoms. The van der Waals surface area contributed by atoms with Crippen molar-refractivity contribution in [3.05, 3.63) is 47.7 Å². The summed E-state index contributed by atoms with van der Waals surface area (Å²) >= 11 is 0. The standard InChI is InChI=1S/C25H31N5O2/c1-32-22-9-5-4-8-18(22)15-26-24-20-10-11-21(27-25(20)29-28-24)19-12-13-30(16-19)23(31)14-17-6-2-3-7-17/h4-5,8-11,17,19H,2-3,6-7,12-16H2,1H3,(H2,26,27,28,29). The number of carbonyl (C=O) groups excluding carboxylic acids is 1. The number of methoxy groups -OCH3 is 1. The molecule has 1 amide bonds. The molecule has 2 aromatic heterocycles. The van der Waals surface area contributed by atoms with Gasteiger partial charge < -0.3 is 15.0 Å². The fraction of sp³-hybridized carbons (Fsp3) is 0.480. The van der Waals surface area contributed by atoms with Crippen LogP contribution < -0.4 is 10.1 Å². The number of aromatic nitrogens is 3. The Hall–Kier alpha value is -3.09. The van der Waals surface area contributed by atoms with Gasteiger partial charge in [0.1, 0.15) is 5.75 Å². The van der Waals surface area contributed by atoms with Crippen molar-refractivity contribution >= 4 is 22.8 Å². The van der Waals surface area contributed by atoms with Crippen LogP contribution in [0.2, 0.25) is 0 Å². The highest BCUT2D eigenvalue weighted by molar-refractivity contribution is 5.87. The number of aromatic amines is 1. The maximum Gasteiger partial charge on any atom is 0.222 e. The van der Waals surface area contributed by atoms with E-state index in [1.165, 1.54) is 25.7 Å². The second-order valence-corrected chi connectivity index (χ2v) is 9.05. The van der Waals surface area contributed by atoms with Gasteiger partial charge in [0.25, 0.3) is 0 Å². The lowest BCUT2D eigenvalue weighted by Crippen LogP contribution is -2.29. The molecule has 1 aromatic carbocycles. The van der Waals surface area contributed by atoms with Crippen LogP contribution in [0, 0.1) is 5.92 Å². The highest BCUT2D eigenvalue weighted by Gasteiger charge is 2.30.